The quantitative estimate of drug-likeness (QED) is 0.622. The van der Waals surface area contributed by atoms with Gasteiger partial charge in [-0.15, -0.1) is 11.8 Å². The minimum absolute atomic E-state index is 0.00669. The molecule has 0 radical (unpaired) electrons. The van der Waals surface area contributed by atoms with E-state index in [2.05, 4.69) is 5.32 Å². The Labute approximate surface area is 106 Å². The minimum atomic E-state index is 0.00669. The summed E-state index contributed by atoms with van der Waals surface area (Å²) in [4.78, 5) is 12.4. The van der Waals surface area contributed by atoms with Crippen LogP contribution in [-0.2, 0) is 4.79 Å². The molecule has 0 aliphatic heterocycles. The van der Waals surface area contributed by atoms with Gasteiger partial charge in [0.2, 0.25) is 5.91 Å². The van der Waals surface area contributed by atoms with Gasteiger partial charge >= 0.3 is 0 Å². The average Bonchev–Trinajstić information content (AvgIpc) is 2.27. The lowest BCUT2D eigenvalue weighted by molar-refractivity contribution is -0.119. The van der Waals surface area contributed by atoms with Crippen LogP contribution in [0.1, 0.15) is 13.8 Å². The summed E-state index contributed by atoms with van der Waals surface area (Å²) in [5.41, 5.74) is 6.48. The summed E-state index contributed by atoms with van der Waals surface area (Å²) in [6.45, 7) is 3.87. The van der Waals surface area contributed by atoms with Crippen LogP contribution in [0, 0.1) is 0 Å². The van der Waals surface area contributed by atoms with E-state index in [0.29, 0.717) is 11.4 Å². The van der Waals surface area contributed by atoms with Crippen LogP contribution in [0.4, 0.5) is 5.69 Å². The maximum absolute atomic E-state index is 11.5. The summed E-state index contributed by atoms with van der Waals surface area (Å²) < 4.78 is 5.11. The Balaban J connectivity index is 2.59. The summed E-state index contributed by atoms with van der Waals surface area (Å²) in [5.74, 6) is 1.11. The van der Waals surface area contributed by atoms with Crippen molar-refractivity contribution in [1.29, 1.82) is 0 Å². The number of ether oxygens (including phenoxy) is 1. The van der Waals surface area contributed by atoms with Gasteiger partial charge in [-0.2, -0.15) is 0 Å². The van der Waals surface area contributed by atoms with Crippen molar-refractivity contribution in [2.45, 2.75) is 24.8 Å². The summed E-state index contributed by atoms with van der Waals surface area (Å²) in [6, 6.07) is 5.57. The van der Waals surface area contributed by atoms with Crippen molar-refractivity contribution in [3.63, 3.8) is 0 Å². The number of methoxy groups -OCH3 is 1. The highest BCUT2D eigenvalue weighted by atomic mass is 32.2. The van der Waals surface area contributed by atoms with E-state index in [1.807, 2.05) is 19.9 Å². The topological polar surface area (TPSA) is 64.3 Å². The fourth-order valence-corrected chi connectivity index (χ4v) is 2.08. The Kier molecular flexibility index (Phi) is 5.15. The molecular formula is C12H18N2O2S. The zero-order valence-electron chi connectivity index (χ0n) is 10.3. The van der Waals surface area contributed by atoms with Gasteiger partial charge in [-0.25, -0.2) is 0 Å². The number of rotatable bonds is 5. The van der Waals surface area contributed by atoms with E-state index in [-0.39, 0.29) is 11.9 Å². The summed E-state index contributed by atoms with van der Waals surface area (Å²) >= 11 is 1.41. The maximum atomic E-state index is 11.5. The van der Waals surface area contributed by atoms with Gasteiger partial charge in [0.25, 0.3) is 0 Å². The monoisotopic (exact) mass is 254 g/mol. The Morgan fingerprint density at radius 3 is 2.82 bits per heavy atom. The second-order valence-corrected chi connectivity index (χ2v) is 4.93. The third-order valence-corrected chi connectivity index (χ3v) is 3.10. The van der Waals surface area contributed by atoms with Gasteiger partial charge < -0.3 is 15.8 Å². The second kappa shape index (κ2) is 6.39. The molecule has 0 aliphatic carbocycles. The zero-order valence-corrected chi connectivity index (χ0v) is 11.1. The molecule has 94 valence electrons. The Hall–Kier alpha value is -1.36. The van der Waals surface area contributed by atoms with E-state index < -0.39 is 0 Å². The van der Waals surface area contributed by atoms with E-state index in [1.165, 1.54) is 11.8 Å². The fourth-order valence-electron chi connectivity index (χ4n) is 1.27. The molecule has 1 aromatic carbocycles. The van der Waals surface area contributed by atoms with Crippen molar-refractivity contribution in [1.82, 2.24) is 5.32 Å². The summed E-state index contributed by atoms with van der Waals surface area (Å²) in [5, 5.41) is 2.83. The molecule has 0 saturated carbocycles. The summed E-state index contributed by atoms with van der Waals surface area (Å²) in [6.07, 6.45) is 0. The van der Waals surface area contributed by atoms with Crippen molar-refractivity contribution in [3.05, 3.63) is 18.2 Å². The van der Waals surface area contributed by atoms with Crippen LogP contribution in [0.3, 0.4) is 0 Å². The molecule has 3 N–H and O–H groups in total. The first-order valence-corrected chi connectivity index (χ1v) is 6.37. The highest BCUT2D eigenvalue weighted by molar-refractivity contribution is 8.00. The molecule has 0 saturated heterocycles. The number of hydrogen-bond donors (Lipinski definition) is 2. The van der Waals surface area contributed by atoms with Crippen molar-refractivity contribution in [3.8, 4) is 5.75 Å². The molecule has 17 heavy (non-hydrogen) atoms. The van der Waals surface area contributed by atoms with E-state index in [1.54, 1.807) is 19.2 Å². The van der Waals surface area contributed by atoms with E-state index in [4.69, 9.17) is 10.5 Å². The van der Waals surface area contributed by atoms with Crippen LogP contribution in [0.15, 0.2) is 23.1 Å². The number of nitrogen functional groups attached to an aromatic ring is 1. The van der Waals surface area contributed by atoms with Crippen LogP contribution in [0.25, 0.3) is 0 Å². The van der Waals surface area contributed by atoms with Crippen LogP contribution >= 0.6 is 11.8 Å². The molecule has 0 bridgehead atoms. The molecule has 0 aliphatic rings. The second-order valence-electron chi connectivity index (χ2n) is 3.91. The number of anilines is 1. The van der Waals surface area contributed by atoms with Gasteiger partial charge in [0, 0.05) is 16.6 Å². The number of benzene rings is 1. The normalized spacial score (nSPS) is 10.4. The first kappa shape index (κ1) is 13.7. The Morgan fingerprint density at radius 2 is 2.24 bits per heavy atom. The predicted octanol–water partition coefficient (Wildman–Crippen LogP) is 1.89. The van der Waals surface area contributed by atoms with Gasteiger partial charge in [-0.05, 0) is 32.0 Å². The standard InChI is InChI=1S/C12H18N2O2S/c1-8(2)14-12(15)7-17-11-6-9(16-3)4-5-10(11)13/h4-6,8H,7,13H2,1-3H3,(H,14,15). The molecule has 0 unspecified atom stereocenters. The first-order chi connectivity index (χ1) is 8.02. The predicted molar refractivity (Wildman–Crippen MR) is 71.4 cm³/mol. The van der Waals surface area contributed by atoms with E-state index in [9.17, 15) is 4.79 Å². The molecule has 1 aromatic rings. The molecule has 0 aromatic heterocycles. The minimum Gasteiger partial charge on any atom is -0.497 e. The third kappa shape index (κ3) is 4.56. The number of nitrogens with two attached hydrogens (primary N) is 1. The highest BCUT2D eigenvalue weighted by Gasteiger charge is 2.07. The Bertz CT molecular complexity index is 394. The van der Waals surface area contributed by atoms with Crippen molar-refractivity contribution >= 4 is 23.4 Å². The van der Waals surface area contributed by atoms with Gasteiger partial charge in [-0.3, -0.25) is 4.79 Å². The van der Waals surface area contributed by atoms with Gasteiger partial charge in [0.15, 0.2) is 0 Å². The number of carbonyl (C=O) groups is 1. The van der Waals surface area contributed by atoms with Crippen LogP contribution < -0.4 is 15.8 Å². The lowest BCUT2D eigenvalue weighted by Crippen LogP contribution is -2.31. The lowest BCUT2D eigenvalue weighted by Gasteiger charge is -2.10. The fraction of sp³-hybridized carbons (Fsp3) is 0.417. The van der Waals surface area contributed by atoms with Gasteiger partial charge in [-0.1, -0.05) is 0 Å². The van der Waals surface area contributed by atoms with Crippen LogP contribution in [-0.4, -0.2) is 24.8 Å². The van der Waals surface area contributed by atoms with Crippen LogP contribution in [0.5, 0.6) is 5.75 Å². The first-order valence-electron chi connectivity index (χ1n) is 5.38. The number of carbonyl (C=O) groups excluding carboxylic acids is 1. The van der Waals surface area contributed by atoms with E-state index >= 15 is 0 Å². The van der Waals surface area contributed by atoms with E-state index in [0.717, 1.165) is 10.6 Å². The molecule has 1 rings (SSSR count). The van der Waals surface area contributed by atoms with Crippen molar-refractivity contribution in [2.24, 2.45) is 0 Å². The van der Waals surface area contributed by atoms with Crippen molar-refractivity contribution < 1.29 is 9.53 Å². The number of thioether (sulfide) groups is 1. The van der Waals surface area contributed by atoms with Gasteiger partial charge in [0.05, 0.1) is 12.9 Å². The average molecular weight is 254 g/mol. The molecule has 0 spiro atoms. The molecule has 5 heteroatoms. The molecule has 1 amide bonds. The number of nitrogens with one attached hydrogen (secondary N) is 1. The third-order valence-electron chi connectivity index (χ3n) is 2.03. The Morgan fingerprint density at radius 1 is 1.53 bits per heavy atom. The maximum Gasteiger partial charge on any atom is 0.230 e. The summed E-state index contributed by atoms with van der Waals surface area (Å²) in [7, 11) is 1.60. The number of hydrogen-bond acceptors (Lipinski definition) is 4. The SMILES string of the molecule is COc1ccc(N)c(SCC(=O)NC(C)C)c1. The smallest absolute Gasteiger partial charge is 0.230 e. The largest absolute Gasteiger partial charge is 0.497 e. The molecule has 0 atom stereocenters. The molecule has 4 nitrogen and oxygen atoms in total. The molecular weight excluding hydrogens is 236 g/mol. The van der Waals surface area contributed by atoms with Gasteiger partial charge in [0.1, 0.15) is 5.75 Å². The highest BCUT2D eigenvalue weighted by Crippen LogP contribution is 2.28. The zero-order chi connectivity index (χ0) is 12.8. The van der Waals surface area contributed by atoms with Crippen LogP contribution in [0.2, 0.25) is 0 Å². The molecule has 0 heterocycles. The molecule has 0 fully saturated rings. The lowest BCUT2D eigenvalue weighted by atomic mass is 10.3. The van der Waals surface area contributed by atoms with Crippen molar-refractivity contribution in [2.75, 3.05) is 18.6 Å². The number of amides is 1.